The molecule has 43 heavy (non-hydrogen) atoms. The summed E-state index contributed by atoms with van der Waals surface area (Å²) < 4.78 is 73.2. The van der Waals surface area contributed by atoms with Crippen LogP contribution in [0.3, 0.4) is 0 Å². The average Bonchev–Trinajstić information content (AvgIpc) is 2.97. The number of benzene rings is 3. The SMILES string of the molecule is CCCc1ccc(Oc2c(C(F)(F)F)oc3c(CN4CCC(C)CC4)c(OC(=O)c4ccc(F)cc4)ccc3c2=O)cc1. The van der Waals surface area contributed by atoms with E-state index in [1.54, 1.807) is 12.1 Å². The van der Waals surface area contributed by atoms with Crippen molar-refractivity contribution in [1.82, 2.24) is 4.90 Å². The number of hydrogen-bond acceptors (Lipinski definition) is 6. The maximum atomic E-state index is 14.4. The van der Waals surface area contributed by atoms with Crippen molar-refractivity contribution in [3.8, 4) is 17.2 Å². The van der Waals surface area contributed by atoms with Crippen LogP contribution in [0.2, 0.25) is 0 Å². The molecule has 0 radical (unpaired) electrons. The number of carbonyl (C=O) groups excluding carboxylic acids is 1. The minimum atomic E-state index is -5.07. The molecule has 1 aliphatic rings. The number of piperidine rings is 1. The summed E-state index contributed by atoms with van der Waals surface area (Å²) >= 11 is 0. The molecule has 6 nitrogen and oxygen atoms in total. The number of aryl methyl sites for hydroxylation is 1. The van der Waals surface area contributed by atoms with Gasteiger partial charge in [0, 0.05) is 6.54 Å². The number of fused-ring (bicyclic) bond motifs is 1. The number of hydrogen-bond donors (Lipinski definition) is 0. The predicted molar refractivity (Wildman–Crippen MR) is 153 cm³/mol. The van der Waals surface area contributed by atoms with Crippen LogP contribution >= 0.6 is 0 Å². The third kappa shape index (κ3) is 6.91. The van der Waals surface area contributed by atoms with Crippen molar-refractivity contribution >= 4 is 16.9 Å². The molecule has 5 rings (SSSR count). The molecule has 3 aromatic carbocycles. The lowest BCUT2D eigenvalue weighted by Crippen LogP contribution is -2.32. The number of alkyl halides is 3. The van der Waals surface area contributed by atoms with E-state index in [2.05, 4.69) is 6.92 Å². The van der Waals surface area contributed by atoms with E-state index in [0.29, 0.717) is 19.0 Å². The monoisotopic (exact) mass is 597 g/mol. The minimum absolute atomic E-state index is 0.0466. The topological polar surface area (TPSA) is 69.0 Å². The molecular weight excluding hydrogens is 566 g/mol. The van der Waals surface area contributed by atoms with Gasteiger partial charge in [0.05, 0.1) is 16.5 Å². The summed E-state index contributed by atoms with van der Waals surface area (Å²) in [6.07, 6.45) is -1.63. The van der Waals surface area contributed by atoms with Gasteiger partial charge in [0.25, 0.3) is 5.76 Å². The summed E-state index contributed by atoms with van der Waals surface area (Å²) in [5.74, 6) is -3.45. The molecule has 1 aromatic heterocycles. The summed E-state index contributed by atoms with van der Waals surface area (Å²) in [6.45, 7) is 5.53. The Bertz CT molecular complexity index is 1660. The largest absolute Gasteiger partial charge is 0.453 e. The van der Waals surface area contributed by atoms with Crippen molar-refractivity contribution in [2.75, 3.05) is 13.1 Å². The lowest BCUT2D eigenvalue weighted by molar-refractivity contribution is -0.154. The van der Waals surface area contributed by atoms with Crippen LogP contribution in [0.4, 0.5) is 17.6 Å². The first-order valence-electron chi connectivity index (χ1n) is 14.2. The fourth-order valence-corrected chi connectivity index (χ4v) is 5.12. The predicted octanol–water partition coefficient (Wildman–Crippen LogP) is 8.15. The van der Waals surface area contributed by atoms with Crippen LogP contribution in [0.5, 0.6) is 17.2 Å². The van der Waals surface area contributed by atoms with E-state index < -0.39 is 34.9 Å². The standard InChI is InChI=1S/C33H31F4NO5/c1-3-4-21-5-11-24(12-6-21)41-30-28(39)25-13-14-27(42-32(40)22-7-9-23(34)10-8-22)26(19-38-17-15-20(2)16-18-38)29(25)43-31(30)33(35,36)37/h5-14,20H,3-4,15-19H2,1-2H3. The van der Waals surface area contributed by atoms with Crippen LogP contribution in [-0.4, -0.2) is 24.0 Å². The Morgan fingerprint density at radius 3 is 2.30 bits per heavy atom. The summed E-state index contributed by atoms with van der Waals surface area (Å²) in [5, 5.41) is -0.146. The first-order valence-corrected chi connectivity index (χ1v) is 14.2. The van der Waals surface area contributed by atoms with E-state index in [-0.39, 0.29) is 40.1 Å². The number of carbonyl (C=O) groups is 1. The number of rotatable bonds is 8. The molecule has 0 bridgehead atoms. The minimum Gasteiger partial charge on any atom is -0.449 e. The normalized spacial score (nSPS) is 14.7. The molecule has 4 aromatic rings. The molecule has 0 saturated carbocycles. The molecule has 1 fully saturated rings. The maximum Gasteiger partial charge on any atom is 0.453 e. The Morgan fingerprint density at radius 1 is 1.00 bits per heavy atom. The van der Waals surface area contributed by atoms with Gasteiger partial charge >= 0.3 is 12.1 Å². The van der Waals surface area contributed by atoms with Gasteiger partial charge in [-0.3, -0.25) is 9.69 Å². The molecule has 0 spiro atoms. The van der Waals surface area contributed by atoms with Gasteiger partial charge in [-0.1, -0.05) is 32.4 Å². The van der Waals surface area contributed by atoms with Crippen LogP contribution < -0.4 is 14.9 Å². The van der Waals surface area contributed by atoms with Gasteiger partial charge in [-0.25, -0.2) is 9.18 Å². The Hall–Kier alpha value is -4.18. The molecular formula is C33H31F4NO5. The Labute approximate surface area is 245 Å². The van der Waals surface area contributed by atoms with Crippen LogP contribution in [0.15, 0.2) is 69.9 Å². The molecule has 0 amide bonds. The average molecular weight is 598 g/mol. The first kappa shape index (κ1) is 30.3. The quantitative estimate of drug-likeness (QED) is 0.116. The third-order valence-electron chi connectivity index (χ3n) is 7.56. The fraction of sp³-hybridized carbons (Fsp3) is 0.333. The molecule has 1 saturated heterocycles. The van der Waals surface area contributed by atoms with E-state index in [0.717, 1.165) is 43.4 Å². The van der Waals surface area contributed by atoms with Gasteiger partial charge < -0.3 is 13.9 Å². The second-order valence-electron chi connectivity index (χ2n) is 10.9. The molecule has 0 aliphatic carbocycles. The number of likely N-dealkylation sites (tertiary alicyclic amines) is 1. The first-order chi connectivity index (χ1) is 20.5. The number of ether oxygens (including phenoxy) is 2. The maximum absolute atomic E-state index is 14.4. The second kappa shape index (κ2) is 12.6. The van der Waals surface area contributed by atoms with E-state index in [1.807, 2.05) is 11.8 Å². The van der Waals surface area contributed by atoms with E-state index >= 15 is 0 Å². The van der Waals surface area contributed by atoms with Crippen molar-refractivity contribution < 1.29 is 36.2 Å². The zero-order valence-electron chi connectivity index (χ0n) is 23.8. The molecule has 2 heterocycles. The van der Waals surface area contributed by atoms with Crippen LogP contribution in [0.1, 0.15) is 60.4 Å². The number of esters is 1. The molecule has 0 N–H and O–H groups in total. The highest BCUT2D eigenvalue weighted by Crippen LogP contribution is 2.40. The molecule has 1 aliphatic heterocycles. The summed E-state index contributed by atoms with van der Waals surface area (Å²) in [5.41, 5.74) is -0.191. The van der Waals surface area contributed by atoms with Crippen molar-refractivity contribution in [2.45, 2.75) is 52.3 Å². The molecule has 0 atom stereocenters. The van der Waals surface area contributed by atoms with Gasteiger partial charge in [-0.05, 0) is 92.4 Å². The molecule has 0 unspecified atom stereocenters. The Balaban J connectivity index is 1.61. The summed E-state index contributed by atoms with van der Waals surface area (Å²) in [4.78, 5) is 28.5. The summed E-state index contributed by atoms with van der Waals surface area (Å²) in [6, 6.07) is 13.8. The number of halogens is 4. The van der Waals surface area contributed by atoms with Crippen molar-refractivity contribution in [3.63, 3.8) is 0 Å². The summed E-state index contributed by atoms with van der Waals surface area (Å²) in [7, 11) is 0. The highest BCUT2D eigenvalue weighted by Gasteiger charge is 2.41. The molecule has 226 valence electrons. The Kier molecular flexibility index (Phi) is 8.87. The van der Waals surface area contributed by atoms with Crippen molar-refractivity contribution in [1.29, 1.82) is 0 Å². The van der Waals surface area contributed by atoms with Crippen LogP contribution in [0.25, 0.3) is 11.0 Å². The van der Waals surface area contributed by atoms with Gasteiger partial charge in [0.15, 0.2) is 0 Å². The van der Waals surface area contributed by atoms with E-state index in [1.165, 1.54) is 36.4 Å². The van der Waals surface area contributed by atoms with E-state index in [4.69, 9.17) is 13.9 Å². The van der Waals surface area contributed by atoms with Gasteiger partial charge in [0.1, 0.15) is 22.9 Å². The van der Waals surface area contributed by atoms with E-state index in [9.17, 15) is 27.2 Å². The third-order valence-corrected chi connectivity index (χ3v) is 7.56. The second-order valence-corrected chi connectivity index (χ2v) is 10.9. The van der Waals surface area contributed by atoms with Gasteiger partial charge in [0.2, 0.25) is 11.2 Å². The lowest BCUT2D eigenvalue weighted by atomic mass is 9.98. The fourth-order valence-electron chi connectivity index (χ4n) is 5.12. The zero-order valence-corrected chi connectivity index (χ0v) is 23.8. The van der Waals surface area contributed by atoms with Gasteiger partial charge in [-0.15, -0.1) is 0 Å². The van der Waals surface area contributed by atoms with Crippen LogP contribution in [0, 0.1) is 11.7 Å². The van der Waals surface area contributed by atoms with Gasteiger partial charge in [-0.2, -0.15) is 13.2 Å². The van der Waals surface area contributed by atoms with Crippen LogP contribution in [-0.2, 0) is 19.1 Å². The smallest absolute Gasteiger partial charge is 0.449 e. The van der Waals surface area contributed by atoms with Crippen molar-refractivity contribution in [2.24, 2.45) is 5.92 Å². The zero-order chi connectivity index (χ0) is 30.7. The highest BCUT2D eigenvalue weighted by molar-refractivity contribution is 5.92. The Morgan fingerprint density at radius 2 is 1.67 bits per heavy atom. The highest BCUT2D eigenvalue weighted by atomic mass is 19.4. The number of nitrogens with zero attached hydrogens (tertiary/aromatic N) is 1. The molecule has 10 heteroatoms. The lowest BCUT2D eigenvalue weighted by Gasteiger charge is -2.30. The van der Waals surface area contributed by atoms with Crippen molar-refractivity contribution in [3.05, 3.63) is 99.2 Å².